The Kier molecular flexibility index (Phi) is 6.84. The molecule has 1 aromatic heterocycles. The summed E-state index contributed by atoms with van der Waals surface area (Å²) in [5, 5.41) is 6.79. The number of methoxy groups -OCH3 is 2. The zero-order valence-electron chi connectivity index (χ0n) is 16.2. The summed E-state index contributed by atoms with van der Waals surface area (Å²) in [6.45, 7) is 0. The van der Waals surface area contributed by atoms with Crippen molar-refractivity contribution in [1.29, 1.82) is 0 Å². The second-order valence-corrected chi connectivity index (χ2v) is 7.54. The third kappa shape index (κ3) is 5.29. The molecule has 1 heterocycles. The molecule has 8 heteroatoms. The van der Waals surface area contributed by atoms with Crippen LogP contribution in [0.3, 0.4) is 0 Å². The molecule has 27 heavy (non-hydrogen) atoms. The summed E-state index contributed by atoms with van der Waals surface area (Å²) >= 11 is 0. The lowest BCUT2D eigenvalue weighted by molar-refractivity contribution is 0.0668. The second kappa shape index (κ2) is 9.32. The van der Waals surface area contributed by atoms with Gasteiger partial charge in [-0.15, -0.1) is 0 Å². The molecular weight excluding hydrogens is 346 g/mol. The van der Waals surface area contributed by atoms with Crippen molar-refractivity contribution in [1.82, 2.24) is 9.97 Å². The number of nitrogens with two attached hydrogens (primary N) is 1. The monoisotopic (exact) mass is 377 g/mol. The van der Waals surface area contributed by atoms with Crippen molar-refractivity contribution in [3.63, 3.8) is 0 Å². The quantitative estimate of drug-likeness (QED) is 0.668. The Balaban J connectivity index is 1.68. The Morgan fingerprint density at radius 2 is 1.78 bits per heavy atom. The van der Waals surface area contributed by atoms with Gasteiger partial charge in [0.1, 0.15) is 5.82 Å². The summed E-state index contributed by atoms with van der Waals surface area (Å²) in [4.78, 5) is 20.7. The van der Waals surface area contributed by atoms with Gasteiger partial charge in [0.25, 0.3) is 5.91 Å². The number of aromatic nitrogens is 2. The van der Waals surface area contributed by atoms with Crippen LogP contribution in [-0.2, 0) is 9.47 Å². The number of rotatable bonds is 7. The highest BCUT2D eigenvalue weighted by Gasteiger charge is 2.25. The van der Waals surface area contributed by atoms with Gasteiger partial charge in [-0.2, -0.15) is 4.98 Å². The fraction of sp³-hybridized carbons (Fsp3) is 0.737. The van der Waals surface area contributed by atoms with E-state index >= 15 is 0 Å². The molecule has 2 aliphatic carbocycles. The first-order valence-electron chi connectivity index (χ1n) is 9.84. The minimum absolute atomic E-state index is 0.210. The van der Waals surface area contributed by atoms with E-state index in [1.807, 2.05) is 0 Å². The van der Waals surface area contributed by atoms with Gasteiger partial charge in [-0.1, -0.05) is 0 Å². The van der Waals surface area contributed by atoms with Gasteiger partial charge in [0, 0.05) is 32.5 Å². The Labute approximate surface area is 160 Å². The first kappa shape index (κ1) is 19.8. The summed E-state index contributed by atoms with van der Waals surface area (Å²) < 4.78 is 10.9. The van der Waals surface area contributed by atoms with Gasteiger partial charge in [0.05, 0.1) is 17.8 Å². The molecule has 0 spiro atoms. The van der Waals surface area contributed by atoms with Crippen molar-refractivity contribution in [3.05, 3.63) is 11.8 Å². The molecule has 1 amide bonds. The fourth-order valence-corrected chi connectivity index (χ4v) is 4.05. The predicted molar refractivity (Wildman–Crippen MR) is 104 cm³/mol. The lowest BCUT2D eigenvalue weighted by atomic mass is 9.92. The van der Waals surface area contributed by atoms with Crippen molar-refractivity contribution >= 4 is 17.7 Å². The predicted octanol–water partition coefficient (Wildman–Crippen LogP) is 2.31. The van der Waals surface area contributed by atoms with Crippen LogP contribution in [0.5, 0.6) is 0 Å². The van der Waals surface area contributed by atoms with Gasteiger partial charge < -0.3 is 25.8 Å². The number of primary amides is 1. The van der Waals surface area contributed by atoms with Crippen LogP contribution in [-0.4, -0.2) is 54.4 Å². The van der Waals surface area contributed by atoms with E-state index in [1.165, 1.54) is 6.20 Å². The van der Waals surface area contributed by atoms with E-state index in [0.717, 1.165) is 51.4 Å². The van der Waals surface area contributed by atoms with E-state index in [-0.39, 0.29) is 12.1 Å². The number of amides is 1. The fourth-order valence-electron chi connectivity index (χ4n) is 4.05. The van der Waals surface area contributed by atoms with Gasteiger partial charge in [-0.25, -0.2) is 4.98 Å². The average molecular weight is 377 g/mol. The second-order valence-electron chi connectivity index (χ2n) is 7.54. The maximum absolute atomic E-state index is 11.8. The van der Waals surface area contributed by atoms with Crippen LogP contribution in [0.25, 0.3) is 0 Å². The average Bonchev–Trinajstić information content (AvgIpc) is 2.68. The molecule has 8 nitrogen and oxygen atoms in total. The number of hydrogen-bond donors (Lipinski definition) is 3. The van der Waals surface area contributed by atoms with Crippen molar-refractivity contribution in [3.8, 4) is 0 Å². The molecule has 2 aliphatic rings. The minimum atomic E-state index is -0.524. The maximum atomic E-state index is 11.8. The number of anilines is 2. The van der Waals surface area contributed by atoms with E-state index in [9.17, 15) is 4.79 Å². The number of ether oxygens (including phenoxy) is 2. The van der Waals surface area contributed by atoms with Crippen LogP contribution in [0, 0.1) is 0 Å². The molecule has 0 aromatic carbocycles. The SMILES string of the molecule is COC1CCC(Nc2ncc(C(N)=O)c(N[C@@H]3CCC[C@H](OC)C3)n2)CC1. The first-order valence-corrected chi connectivity index (χ1v) is 9.84. The third-order valence-electron chi connectivity index (χ3n) is 5.70. The van der Waals surface area contributed by atoms with Gasteiger partial charge >= 0.3 is 0 Å². The molecule has 1 aromatic rings. The van der Waals surface area contributed by atoms with Crippen molar-refractivity contribution in [2.45, 2.75) is 75.7 Å². The standard InChI is InChI=1S/C19H31N5O3/c1-26-14-8-6-12(7-9-14)23-19-21-11-16(17(20)25)18(24-19)22-13-4-3-5-15(10-13)27-2/h11-15H,3-10H2,1-2H3,(H2,20,25)(H2,21,22,23,24)/t12?,13-,14?,15+/m1/s1. The van der Waals surface area contributed by atoms with E-state index in [4.69, 9.17) is 15.2 Å². The summed E-state index contributed by atoms with van der Waals surface area (Å²) in [7, 11) is 3.51. The lowest BCUT2D eigenvalue weighted by Gasteiger charge is -2.30. The topological polar surface area (TPSA) is 111 Å². The van der Waals surface area contributed by atoms with Gasteiger partial charge in [-0.05, 0) is 51.4 Å². The van der Waals surface area contributed by atoms with E-state index < -0.39 is 5.91 Å². The molecule has 0 radical (unpaired) electrons. The smallest absolute Gasteiger partial charge is 0.254 e. The number of hydrogen-bond acceptors (Lipinski definition) is 7. The minimum Gasteiger partial charge on any atom is -0.381 e. The lowest BCUT2D eigenvalue weighted by Crippen LogP contribution is -2.33. The molecule has 2 fully saturated rings. The van der Waals surface area contributed by atoms with E-state index in [1.54, 1.807) is 14.2 Å². The number of nitrogens with one attached hydrogen (secondary N) is 2. The van der Waals surface area contributed by atoms with Crippen molar-refractivity contribution in [2.24, 2.45) is 5.73 Å². The first-order chi connectivity index (χ1) is 13.1. The summed E-state index contributed by atoms with van der Waals surface area (Å²) in [5.74, 6) is 0.513. The van der Waals surface area contributed by atoms with Crippen LogP contribution in [0.4, 0.5) is 11.8 Å². The molecular formula is C19H31N5O3. The largest absolute Gasteiger partial charge is 0.381 e. The van der Waals surface area contributed by atoms with Crippen molar-refractivity contribution < 1.29 is 14.3 Å². The highest BCUT2D eigenvalue weighted by atomic mass is 16.5. The molecule has 0 unspecified atom stereocenters. The Morgan fingerprint density at radius 1 is 1.04 bits per heavy atom. The molecule has 2 atom stereocenters. The van der Waals surface area contributed by atoms with Gasteiger partial charge in [0.15, 0.2) is 0 Å². The van der Waals surface area contributed by atoms with Gasteiger partial charge in [0.2, 0.25) is 5.95 Å². The highest BCUT2D eigenvalue weighted by Crippen LogP contribution is 2.26. The normalized spacial score (nSPS) is 28.5. The Morgan fingerprint density at radius 3 is 2.44 bits per heavy atom. The molecule has 2 saturated carbocycles. The zero-order chi connectivity index (χ0) is 19.2. The van der Waals surface area contributed by atoms with Gasteiger partial charge in [-0.3, -0.25) is 4.79 Å². The van der Waals surface area contributed by atoms with Crippen LogP contribution < -0.4 is 16.4 Å². The number of nitrogens with zero attached hydrogens (tertiary/aromatic N) is 2. The zero-order valence-corrected chi connectivity index (χ0v) is 16.2. The Bertz CT molecular complexity index is 634. The summed E-state index contributed by atoms with van der Waals surface area (Å²) in [5.41, 5.74) is 5.84. The summed E-state index contributed by atoms with van der Waals surface area (Å²) in [6.07, 6.45) is 10.2. The summed E-state index contributed by atoms with van der Waals surface area (Å²) in [6, 6.07) is 0.526. The highest BCUT2D eigenvalue weighted by molar-refractivity contribution is 5.97. The molecule has 4 N–H and O–H groups in total. The molecule has 150 valence electrons. The van der Waals surface area contributed by atoms with Crippen LogP contribution >= 0.6 is 0 Å². The molecule has 0 aliphatic heterocycles. The van der Waals surface area contributed by atoms with Crippen LogP contribution in [0.15, 0.2) is 6.20 Å². The van der Waals surface area contributed by atoms with E-state index in [0.29, 0.717) is 29.5 Å². The van der Waals surface area contributed by atoms with Crippen LogP contribution in [0.1, 0.15) is 61.7 Å². The van der Waals surface area contributed by atoms with Crippen molar-refractivity contribution in [2.75, 3.05) is 24.9 Å². The molecule has 3 rings (SSSR count). The molecule has 0 saturated heterocycles. The third-order valence-corrected chi connectivity index (χ3v) is 5.70. The number of carbonyl (C=O) groups excluding carboxylic acids is 1. The Hall–Kier alpha value is -1.93. The van der Waals surface area contributed by atoms with Crippen LogP contribution in [0.2, 0.25) is 0 Å². The molecule has 0 bridgehead atoms. The van der Waals surface area contributed by atoms with E-state index in [2.05, 4.69) is 20.6 Å². The maximum Gasteiger partial charge on any atom is 0.254 e. The number of carbonyl (C=O) groups is 1.